The van der Waals surface area contributed by atoms with Crippen molar-refractivity contribution in [2.45, 2.75) is 19.4 Å². The summed E-state index contributed by atoms with van der Waals surface area (Å²) in [5.74, 6) is -0.254. The number of hydrogen-bond acceptors (Lipinski definition) is 4. The topological polar surface area (TPSA) is 65.5 Å². The van der Waals surface area contributed by atoms with Crippen molar-refractivity contribution < 1.29 is 9.90 Å². The van der Waals surface area contributed by atoms with Gasteiger partial charge in [-0.2, -0.15) is 0 Å². The molecule has 0 spiro atoms. The summed E-state index contributed by atoms with van der Waals surface area (Å²) in [5.41, 5.74) is 0.895. The van der Waals surface area contributed by atoms with Crippen molar-refractivity contribution in [2.75, 3.05) is 26.7 Å². The third-order valence-corrected chi connectivity index (χ3v) is 3.60. The summed E-state index contributed by atoms with van der Waals surface area (Å²) in [5, 5.41) is 12.3. The van der Waals surface area contributed by atoms with Gasteiger partial charge in [0.2, 0.25) is 0 Å². The Bertz CT molecular complexity index is 428. The van der Waals surface area contributed by atoms with Crippen LogP contribution in [-0.2, 0) is 6.54 Å². The second kappa shape index (κ2) is 6.63. The van der Waals surface area contributed by atoms with E-state index in [1.807, 2.05) is 6.07 Å². The summed E-state index contributed by atoms with van der Waals surface area (Å²) < 4.78 is 0. The highest BCUT2D eigenvalue weighted by Gasteiger charge is 2.16. The minimum absolute atomic E-state index is 0.110. The molecule has 0 aromatic carbocycles. The Hall–Kier alpha value is -1.46. The lowest BCUT2D eigenvalue weighted by molar-refractivity contribution is 0.0690. The highest BCUT2D eigenvalue weighted by Crippen LogP contribution is 2.14. The van der Waals surface area contributed by atoms with Gasteiger partial charge in [-0.1, -0.05) is 6.07 Å². The number of pyridine rings is 1. The highest BCUT2D eigenvalue weighted by atomic mass is 16.4. The first-order chi connectivity index (χ1) is 9.15. The molecule has 1 fully saturated rings. The molecule has 1 aromatic rings. The Kier molecular flexibility index (Phi) is 4.87. The van der Waals surface area contributed by atoms with Gasteiger partial charge in [-0.05, 0) is 57.6 Å². The summed E-state index contributed by atoms with van der Waals surface area (Å²) in [7, 11) is 2.16. The Balaban J connectivity index is 1.76. The molecule has 2 rings (SSSR count). The van der Waals surface area contributed by atoms with Gasteiger partial charge in [-0.25, -0.2) is 9.78 Å². The van der Waals surface area contributed by atoms with E-state index in [4.69, 9.17) is 5.11 Å². The van der Waals surface area contributed by atoms with E-state index in [0.29, 0.717) is 6.54 Å². The van der Waals surface area contributed by atoms with E-state index in [-0.39, 0.29) is 5.69 Å². The summed E-state index contributed by atoms with van der Waals surface area (Å²) in [6, 6.07) is 5.11. The molecule has 5 nitrogen and oxygen atoms in total. The minimum atomic E-state index is -0.975. The second-order valence-electron chi connectivity index (χ2n) is 5.20. The molecule has 0 aliphatic carbocycles. The Labute approximate surface area is 113 Å². The number of nitrogens with zero attached hydrogens (tertiary/aromatic N) is 2. The van der Waals surface area contributed by atoms with E-state index in [2.05, 4.69) is 22.2 Å². The molecule has 1 saturated heterocycles. The first kappa shape index (κ1) is 14.0. The molecule has 0 radical (unpaired) electrons. The van der Waals surface area contributed by atoms with Crippen molar-refractivity contribution in [2.24, 2.45) is 5.92 Å². The summed E-state index contributed by atoms with van der Waals surface area (Å²) in [4.78, 5) is 17.3. The zero-order valence-electron chi connectivity index (χ0n) is 11.3. The van der Waals surface area contributed by atoms with E-state index >= 15 is 0 Å². The maximum absolute atomic E-state index is 10.8. The quantitative estimate of drug-likeness (QED) is 0.836. The monoisotopic (exact) mass is 263 g/mol. The van der Waals surface area contributed by atoms with Crippen LogP contribution in [0.5, 0.6) is 0 Å². The fourth-order valence-electron chi connectivity index (χ4n) is 2.37. The average molecular weight is 263 g/mol. The lowest BCUT2D eigenvalue weighted by Crippen LogP contribution is -2.34. The van der Waals surface area contributed by atoms with Crippen LogP contribution in [-0.4, -0.2) is 47.6 Å². The van der Waals surface area contributed by atoms with E-state index in [1.165, 1.54) is 32.0 Å². The zero-order chi connectivity index (χ0) is 13.7. The largest absolute Gasteiger partial charge is 0.477 e. The molecule has 0 bridgehead atoms. The number of carboxylic acid groups (broad SMARTS) is 1. The lowest BCUT2D eigenvalue weighted by Gasteiger charge is -2.29. The summed E-state index contributed by atoms with van der Waals surface area (Å²) in [6.45, 7) is 3.94. The van der Waals surface area contributed by atoms with E-state index in [1.54, 1.807) is 6.07 Å². The number of aromatic nitrogens is 1. The van der Waals surface area contributed by atoms with Gasteiger partial charge in [-0.3, -0.25) is 0 Å². The smallest absolute Gasteiger partial charge is 0.354 e. The normalized spacial score (nSPS) is 17.5. The molecule has 1 aliphatic heterocycles. The molecule has 19 heavy (non-hydrogen) atoms. The van der Waals surface area contributed by atoms with Gasteiger partial charge in [0, 0.05) is 6.54 Å². The maximum atomic E-state index is 10.8. The third kappa shape index (κ3) is 4.29. The van der Waals surface area contributed by atoms with Crippen LogP contribution in [0.1, 0.15) is 29.0 Å². The van der Waals surface area contributed by atoms with Gasteiger partial charge >= 0.3 is 5.97 Å². The molecule has 1 aliphatic rings. The fourth-order valence-corrected chi connectivity index (χ4v) is 2.37. The van der Waals surface area contributed by atoms with Crippen molar-refractivity contribution >= 4 is 5.97 Å². The molecule has 2 N–H and O–H groups in total. The predicted molar refractivity (Wildman–Crippen MR) is 73.1 cm³/mol. The van der Waals surface area contributed by atoms with Crippen molar-refractivity contribution in [3.8, 4) is 0 Å². The van der Waals surface area contributed by atoms with Gasteiger partial charge in [0.05, 0.1) is 5.69 Å². The number of aromatic carboxylic acids is 1. The second-order valence-corrected chi connectivity index (χ2v) is 5.20. The molecular formula is C14H21N3O2. The Morgan fingerprint density at radius 3 is 2.89 bits per heavy atom. The van der Waals surface area contributed by atoms with E-state index < -0.39 is 5.97 Å². The van der Waals surface area contributed by atoms with Gasteiger partial charge < -0.3 is 15.3 Å². The zero-order valence-corrected chi connectivity index (χ0v) is 11.3. The third-order valence-electron chi connectivity index (χ3n) is 3.60. The number of piperidine rings is 1. The van der Waals surface area contributed by atoms with Crippen LogP contribution in [0.15, 0.2) is 18.2 Å². The van der Waals surface area contributed by atoms with Crippen molar-refractivity contribution in [3.05, 3.63) is 29.6 Å². The van der Waals surface area contributed by atoms with Crippen molar-refractivity contribution in [1.82, 2.24) is 15.2 Å². The molecular weight excluding hydrogens is 242 g/mol. The number of hydrogen-bond donors (Lipinski definition) is 2. The fraction of sp³-hybridized carbons (Fsp3) is 0.571. The van der Waals surface area contributed by atoms with Crippen LogP contribution in [0.2, 0.25) is 0 Å². The molecule has 0 atom stereocenters. The average Bonchev–Trinajstić information content (AvgIpc) is 2.41. The first-order valence-electron chi connectivity index (χ1n) is 6.73. The molecule has 0 unspecified atom stereocenters. The molecule has 104 valence electrons. The molecule has 0 saturated carbocycles. The van der Waals surface area contributed by atoms with Crippen LogP contribution < -0.4 is 5.32 Å². The maximum Gasteiger partial charge on any atom is 0.354 e. The van der Waals surface area contributed by atoms with Gasteiger partial charge in [0.1, 0.15) is 5.69 Å². The first-order valence-corrected chi connectivity index (χ1v) is 6.73. The molecule has 5 heteroatoms. The lowest BCUT2D eigenvalue weighted by atomic mass is 9.97. The molecule has 1 aromatic heterocycles. The number of carboxylic acids is 1. The number of nitrogens with one attached hydrogen (secondary N) is 1. The molecule has 0 amide bonds. The van der Waals surface area contributed by atoms with Crippen LogP contribution in [0.25, 0.3) is 0 Å². The van der Waals surface area contributed by atoms with Gasteiger partial charge in [0.15, 0.2) is 0 Å². The van der Waals surface area contributed by atoms with Gasteiger partial charge in [-0.15, -0.1) is 0 Å². The van der Waals surface area contributed by atoms with Crippen molar-refractivity contribution in [1.29, 1.82) is 0 Å². The van der Waals surface area contributed by atoms with E-state index in [9.17, 15) is 4.79 Å². The predicted octanol–water partition coefficient (Wildman–Crippen LogP) is 1.21. The SMILES string of the molecule is CN1CCC(CNCc2cccc(C(=O)O)n2)CC1. The summed E-state index contributed by atoms with van der Waals surface area (Å²) in [6.07, 6.45) is 2.46. The standard InChI is InChI=1S/C14H21N3O2/c1-17-7-5-11(6-8-17)9-15-10-12-3-2-4-13(16-12)14(18)19/h2-4,11,15H,5-10H2,1H3,(H,18,19). The van der Waals surface area contributed by atoms with Crippen LogP contribution in [0.3, 0.4) is 0 Å². The number of rotatable bonds is 5. The summed E-state index contributed by atoms with van der Waals surface area (Å²) >= 11 is 0. The number of carbonyl (C=O) groups is 1. The minimum Gasteiger partial charge on any atom is -0.477 e. The van der Waals surface area contributed by atoms with Crippen LogP contribution >= 0.6 is 0 Å². The van der Waals surface area contributed by atoms with E-state index in [0.717, 1.165) is 18.2 Å². The highest BCUT2D eigenvalue weighted by molar-refractivity contribution is 5.85. The molecule has 2 heterocycles. The van der Waals surface area contributed by atoms with Gasteiger partial charge in [0.25, 0.3) is 0 Å². The Morgan fingerprint density at radius 2 is 2.21 bits per heavy atom. The van der Waals surface area contributed by atoms with Crippen LogP contribution in [0.4, 0.5) is 0 Å². The van der Waals surface area contributed by atoms with Crippen molar-refractivity contribution in [3.63, 3.8) is 0 Å². The Morgan fingerprint density at radius 1 is 1.47 bits per heavy atom. The number of likely N-dealkylation sites (tertiary alicyclic amines) is 1. The van der Waals surface area contributed by atoms with Crippen LogP contribution in [0, 0.1) is 5.92 Å².